The van der Waals surface area contributed by atoms with Crippen molar-refractivity contribution in [1.82, 2.24) is 15.1 Å². The van der Waals surface area contributed by atoms with Gasteiger partial charge in [-0.15, -0.1) is 24.0 Å². The van der Waals surface area contributed by atoms with E-state index in [1.165, 1.54) is 11.1 Å². The lowest BCUT2D eigenvalue weighted by atomic mass is 10.1. The van der Waals surface area contributed by atoms with E-state index >= 15 is 0 Å². The minimum atomic E-state index is 0. The molecule has 5 nitrogen and oxygen atoms in total. The van der Waals surface area contributed by atoms with Gasteiger partial charge in [0.1, 0.15) is 0 Å². The van der Waals surface area contributed by atoms with Gasteiger partial charge in [-0.25, -0.2) is 0 Å². The van der Waals surface area contributed by atoms with Crippen molar-refractivity contribution in [3.63, 3.8) is 0 Å². The maximum Gasteiger partial charge on any atom is 0.193 e. The SMILES string of the molecule is CCN(CC)Cc1cccc(CNC(=NC)N(C)CC2CCOC2)c1.I. The Kier molecular flexibility index (Phi) is 11.2. The van der Waals surface area contributed by atoms with Crippen molar-refractivity contribution in [2.75, 3.05) is 46.9 Å². The quantitative estimate of drug-likeness (QED) is 0.357. The highest BCUT2D eigenvalue weighted by molar-refractivity contribution is 14.0. The molecule has 0 saturated carbocycles. The van der Waals surface area contributed by atoms with E-state index in [0.717, 1.165) is 58.3 Å². The van der Waals surface area contributed by atoms with E-state index < -0.39 is 0 Å². The average Bonchev–Trinajstić information content (AvgIpc) is 3.13. The Morgan fingerprint density at radius 2 is 2.00 bits per heavy atom. The molecule has 1 aromatic rings. The topological polar surface area (TPSA) is 40.1 Å². The van der Waals surface area contributed by atoms with Crippen LogP contribution in [-0.4, -0.2) is 62.7 Å². The molecule has 0 aliphatic carbocycles. The van der Waals surface area contributed by atoms with Crippen molar-refractivity contribution in [2.24, 2.45) is 10.9 Å². The molecule has 1 aliphatic heterocycles. The van der Waals surface area contributed by atoms with E-state index in [0.29, 0.717) is 5.92 Å². The Balaban J connectivity index is 0.00000338. The van der Waals surface area contributed by atoms with Crippen LogP contribution in [0.25, 0.3) is 0 Å². The monoisotopic (exact) mass is 474 g/mol. The summed E-state index contributed by atoms with van der Waals surface area (Å²) in [7, 11) is 3.95. The molecule has 0 bridgehead atoms. The number of aliphatic imine (C=N–C) groups is 1. The minimum absolute atomic E-state index is 0. The van der Waals surface area contributed by atoms with Crippen LogP contribution in [0.1, 0.15) is 31.4 Å². The molecule has 0 radical (unpaired) electrons. The molecule has 148 valence electrons. The first-order valence-corrected chi connectivity index (χ1v) is 9.45. The van der Waals surface area contributed by atoms with Crippen molar-refractivity contribution >= 4 is 29.9 Å². The van der Waals surface area contributed by atoms with Crippen LogP contribution in [0.5, 0.6) is 0 Å². The fourth-order valence-corrected chi connectivity index (χ4v) is 3.31. The molecule has 1 fully saturated rings. The number of halogens is 1. The van der Waals surface area contributed by atoms with Gasteiger partial charge in [0, 0.05) is 46.3 Å². The van der Waals surface area contributed by atoms with Gasteiger partial charge in [0.15, 0.2) is 5.96 Å². The molecular formula is C20H35IN4O. The van der Waals surface area contributed by atoms with Gasteiger partial charge in [0.05, 0.1) is 6.61 Å². The Morgan fingerprint density at radius 1 is 1.27 bits per heavy atom. The van der Waals surface area contributed by atoms with Crippen molar-refractivity contribution in [3.8, 4) is 0 Å². The summed E-state index contributed by atoms with van der Waals surface area (Å²) in [5, 5.41) is 3.49. The predicted octanol–water partition coefficient (Wildman–Crippen LogP) is 3.19. The van der Waals surface area contributed by atoms with Gasteiger partial charge in [-0.1, -0.05) is 38.1 Å². The number of ether oxygens (including phenoxy) is 1. The largest absolute Gasteiger partial charge is 0.381 e. The smallest absolute Gasteiger partial charge is 0.193 e. The lowest BCUT2D eigenvalue weighted by molar-refractivity contribution is 0.181. The molecule has 0 amide bonds. The zero-order valence-corrected chi connectivity index (χ0v) is 19.0. The maximum absolute atomic E-state index is 5.47. The van der Waals surface area contributed by atoms with Gasteiger partial charge in [-0.2, -0.15) is 0 Å². The maximum atomic E-state index is 5.47. The lowest BCUT2D eigenvalue weighted by Gasteiger charge is -2.24. The summed E-state index contributed by atoms with van der Waals surface area (Å²) in [6.45, 7) is 11.2. The average molecular weight is 474 g/mol. The van der Waals surface area contributed by atoms with Gasteiger partial charge in [0.25, 0.3) is 0 Å². The normalized spacial score (nSPS) is 17.3. The molecule has 26 heavy (non-hydrogen) atoms. The molecule has 1 atom stereocenters. The zero-order chi connectivity index (χ0) is 18.1. The third kappa shape index (κ3) is 7.40. The molecule has 0 spiro atoms. The number of nitrogens with one attached hydrogen (secondary N) is 1. The lowest BCUT2D eigenvalue weighted by Crippen LogP contribution is -2.41. The minimum Gasteiger partial charge on any atom is -0.381 e. The van der Waals surface area contributed by atoms with Crippen LogP contribution in [0.3, 0.4) is 0 Å². The fourth-order valence-electron chi connectivity index (χ4n) is 3.31. The molecule has 6 heteroatoms. The number of rotatable bonds is 8. The molecule has 1 N–H and O–H groups in total. The van der Waals surface area contributed by atoms with E-state index in [-0.39, 0.29) is 24.0 Å². The Bertz CT molecular complexity index is 542. The first kappa shape index (κ1) is 23.2. The molecule has 1 aromatic carbocycles. The van der Waals surface area contributed by atoms with E-state index in [9.17, 15) is 0 Å². The van der Waals surface area contributed by atoms with Gasteiger partial charge in [-0.3, -0.25) is 9.89 Å². The molecule has 2 rings (SSSR count). The van der Waals surface area contributed by atoms with Crippen LogP contribution in [0.2, 0.25) is 0 Å². The number of guanidine groups is 1. The summed E-state index contributed by atoms with van der Waals surface area (Å²) < 4.78 is 5.47. The van der Waals surface area contributed by atoms with Crippen LogP contribution in [0.4, 0.5) is 0 Å². The van der Waals surface area contributed by atoms with Crippen molar-refractivity contribution in [2.45, 2.75) is 33.4 Å². The molecule has 1 saturated heterocycles. The van der Waals surface area contributed by atoms with Crippen molar-refractivity contribution in [1.29, 1.82) is 0 Å². The van der Waals surface area contributed by atoms with Gasteiger partial charge >= 0.3 is 0 Å². The highest BCUT2D eigenvalue weighted by Gasteiger charge is 2.19. The van der Waals surface area contributed by atoms with E-state index in [4.69, 9.17) is 4.74 Å². The summed E-state index contributed by atoms with van der Waals surface area (Å²) in [6, 6.07) is 8.83. The third-order valence-electron chi connectivity index (χ3n) is 4.87. The van der Waals surface area contributed by atoms with Crippen LogP contribution < -0.4 is 5.32 Å². The zero-order valence-electron chi connectivity index (χ0n) is 16.7. The highest BCUT2D eigenvalue weighted by atomic mass is 127. The van der Waals surface area contributed by atoms with Crippen molar-refractivity contribution < 1.29 is 4.74 Å². The molecule has 1 heterocycles. The molecule has 0 aromatic heterocycles. The number of benzene rings is 1. The van der Waals surface area contributed by atoms with Gasteiger partial charge < -0.3 is 15.0 Å². The van der Waals surface area contributed by atoms with Crippen LogP contribution >= 0.6 is 24.0 Å². The third-order valence-corrected chi connectivity index (χ3v) is 4.87. The van der Waals surface area contributed by atoms with Gasteiger partial charge in [0.2, 0.25) is 0 Å². The van der Waals surface area contributed by atoms with E-state index in [1.807, 2.05) is 7.05 Å². The summed E-state index contributed by atoms with van der Waals surface area (Å²) >= 11 is 0. The summed E-state index contributed by atoms with van der Waals surface area (Å²) in [5.41, 5.74) is 2.66. The second kappa shape index (κ2) is 12.5. The predicted molar refractivity (Wildman–Crippen MR) is 120 cm³/mol. The Morgan fingerprint density at radius 3 is 2.62 bits per heavy atom. The second-order valence-electron chi connectivity index (χ2n) is 6.79. The second-order valence-corrected chi connectivity index (χ2v) is 6.79. The van der Waals surface area contributed by atoms with Gasteiger partial charge in [-0.05, 0) is 30.6 Å². The van der Waals surface area contributed by atoms with Crippen LogP contribution in [-0.2, 0) is 17.8 Å². The summed E-state index contributed by atoms with van der Waals surface area (Å²) in [5.74, 6) is 1.56. The van der Waals surface area contributed by atoms with E-state index in [1.54, 1.807) is 0 Å². The Hall–Kier alpha value is -0.860. The number of nitrogens with zero attached hydrogens (tertiary/aromatic N) is 3. The number of hydrogen-bond donors (Lipinski definition) is 1. The first-order valence-electron chi connectivity index (χ1n) is 9.45. The van der Waals surface area contributed by atoms with Crippen molar-refractivity contribution in [3.05, 3.63) is 35.4 Å². The molecule has 1 unspecified atom stereocenters. The van der Waals surface area contributed by atoms with Crippen LogP contribution in [0.15, 0.2) is 29.3 Å². The van der Waals surface area contributed by atoms with E-state index in [2.05, 4.69) is 65.3 Å². The molecule has 1 aliphatic rings. The van der Waals surface area contributed by atoms with Crippen LogP contribution in [0, 0.1) is 5.92 Å². The number of hydrogen-bond acceptors (Lipinski definition) is 3. The standard InChI is InChI=1S/C20H34N4O.HI/c1-5-24(6-2)15-18-9-7-8-17(12-18)13-22-20(21-3)23(4)14-19-10-11-25-16-19;/h7-9,12,19H,5-6,10-11,13-16H2,1-4H3,(H,21,22);1H. The first-order chi connectivity index (χ1) is 12.2. The summed E-state index contributed by atoms with van der Waals surface area (Å²) in [6.07, 6.45) is 1.15. The summed E-state index contributed by atoms with van der Waals surface area (Å²) in [4.78, 5) is 9.07. The molecular weight excluding hydrogens is 439 g/mol. The highest BCUT2D eigenvalue weighted by Crippen LogP contribution is 2.13. The fraction of sp³-hybridized carbons (Fsp3) is 0.650. The Labute approximate surface area is 176 Å².